The quantitative estimate of drug-likeness (QED) is 0.594. The maximum atomic E-state index is 10.4. The summed E-state index contributed by atoms with van der Waals surface area (Å²) >= 11 is 0. The van der Waals surface area contributed by atoms with Gasteiger partial charge >= 0.3 is 0 Å². The van der Waals surface area contributed by atoms with E-state index in [-0.39, 0.29) is 6.61 Å². The molecule has 0 saturated heterocycles. The lowest BCUT2D eigenvalue weighted by Gasteiger charge is -2.04. The zero-order valence-electron chi connectivity index (χ0n) is 10.1. The monoisotopic (exact) mass is 279 g/mol. The smallest absolute Gasteiger partial charge is 0.223 e. The molecule has 0 spiro atoms. The van der Waals surface area contributed by atoms with Gasteiger partial charge in [0, 0.05) is 16.9 Å². The molecule has 0 unspecified atom stereocenters. The van der Waals surface area contributed by atoms with Crippen LogP contribution in [0.3, 0.4) is 0 Å². The molecule has 6 heteroatoms. The minimum atomic E-state index is -4.23. The standard InChI is InChI=1S/C13H13NO4S/c15-19(16,17)11-10-18-14-8-6-13(7-9-14)12-4-2-1-3-5-12/h1-9H,10-11H2. The van der Waals surface area contributed by atoms with Gasteiger partial charge in [0.2, 0.25) is 12.4 Å². The van der Waals surface area contributed by atoms with Crippen LogP contribution in [-0.4, -0.2) is 25.3 Å². The van der Waals surface area contributed by atoms with Crippen molar-refractivity contribution in [1.82, 2.24) is 0 Å². The molecule has 0 fully saturated rings. The highest BCUT2D eigenvalue weighted by atomic mass is 32.2. The topological polar surface area (TPSA) is 70.3 Å². The first-order valence-corrected chi connectivity index (χ1v) is 7.26. The van der Waals surface area contributed by atoms with Crippen LogP contribution in [0.15, 0.2) is 54.9 Å². The van der Waals surface area contributed by atoms with Crippen molar-refractivity contribution >= 4 is 10.1 Å². The summed E-state index contributed by atoms with van der Waals surface area (Å²) in [4.78, 5) is 5.11. The number of nitrogens with zero attached hydrogens (tertiary/aromatic N) is 1. The molecule has 0 atom stereocenters. The van der Waals surface area contributed by atoms with Gasteiger partial charge in [-0.15, -0.1) is 0 Å². The van der Waals surface area contributed by atoms with E-state index in [9.17, 15) is 13.0 Å². The fourth-order valence-corrected chi connectivity index (χ4v) is 1.85. The summed E-state index contributed by atoms with van der Waals surface area (Å²) in [5.74, 6) is -0.541. The average molecular weight is 279 g/mol. The Bertz CT molecular complexity index is 623. The average Bonchev–Trinajstić information content (AvgIpc) is 2.39. The van der Waals surface area contributed by atoms with E-state index in [0.29, 0.717) is 0 Å². The summed E-state index contributed by atoms with van der Waals surface area (Å²) in [7, 11) is -4.23. The van der Waals surface area contributed by atoms with E-state index < -0.39 is 15.9 Å². The van der Waals surface area contributed by atoms with Crippen LogP contribution >= 0.6 is 0 Å². The van der Waals surface area contributed by atoms with Gasteiger partial charge < -0.3 is 4.55 Å². The summed E-state index contributed by atoms with van der Waals surface area (Å²) in [6.07, 6.45) is 3.33. The second kappa shape index (κ2) is 5.81. The fourth-order valence-electron chi connectivity index (χ4n) is 1.57. The van der Waals surface area contributed by atoms with Crippen molar-refractivity contribution in [2.75, 3.05) is 12.4 Å². The summed E-state index contributed by atoms with van der Waals surface area (Å²) in [5.41, 5.74) is 2.11. The molecule has 2 aromatic rings. The molecular weight excluding hydrogens is 266 g/mol. The first-order chi connectivity index (χ1) is 9.04. The van der Waals surface area contributed by atoms with Crippen molar-refractivity contribution in [1.29, 1.82) is 0 Å². The molecule has 19 heavy (non-hydrogen) atoms. The molecule has 0 saturated carbocycles. The summed E-state index contributed by atoms with van der Waals surface area (Å²) < 4.78 is 32.6. The van der Waals surface area contributed by atoms with Crippen molar-refractivity contribution in [3.8, 4) is 11.1 Å². The first-order valence-electron chi connectivity index (χ1n) is 5.68. The third kappa shape index (κ3) is 4.35. The highest BCUT2D eigenvalue weighted by molar-refractivity contribution is 7.85. The van der Waals surface area contributed by atoms with E-state index in [1.54, 1.807) is 12.4 Å². The Kier molecular flexibility index (Phi) is 4.13. The van der Waals surface area contributed by atoms with Gasteiger partial charge in [0.1, 0.15) is 0 Å². The van der Waals surface area contributed by atoms with Crippen LogP contribution in [0.5, 0.6) is 0 Å². The molecule has 0 amide bonds. The van der Waals surface area contributed by atoms with Gasteiger partial charge in [-0.2, -0.15) is 0 Å². The zero-order chi connectivity index (χ0) is 13.7. The van der Waals surface area contributed by atoms with Crippen molar-refractivity contribution in [3.05, 3.63) is 54.9 Å². The normalized spacial score (nSPS) is 11.2. The number of hydrogen-bond donors (Lipinski definition) is 0. The lowest BCUT2D eigenvalue weighted by atomic mass is 10.1. The fraction of sp³-hybridized carbons (Fsp3) is 0.154. The van der Waals surface area contributed by atoms with Crippen molar-refractivity contribution in [2.24, 2.45) is 0 Å². The van der Waals surface area contributed by atoms with Crippen LogP contribution in [0.2, 0.25) is 0 Å². The lowest BCUT2D eigenvalue weighted by molar-refractivity contribution is -0.890. The van der Waals surface area contributed by atoms with E-state index in [2.05, 4.69) is 0 Å². The zero-order valence-corrected chi connectivity index (χ0v) is 10.9. The molecule has 1 aromatic heterocycles. The maximum Gasteiger partial charge on any atom is 0.223 e. The van der Waals surface area contributed by atoms with E-state index in [1.165, 1.54) is 4.73 Å². The largest absolute Gasteiger partial charge is 0.748 e. The molecule has 1 aromatic carbocycles. The van der Waals surface area contributed by atoms with Crippen molar-refractivity contribution < 1.29 is 22.5 Å². The Balaban J connectivity index is 1.99. The summed E-state index contributed by atoms with van der Waals surface area (Å²) in [5, 5.41) is 0. The van der Waals surface area contributed by atoms with Gasteiger partial charge in [-0.25, -0.2) is 8.42 Å². The number of hydrogen-bond acceptors (Lipinski definition) is 4. The van der Waals surface area contributed by atoms with E-state index >= 15 is 0 Å². The third-order valence-corrected chi connectivity index (χ3v) is 3.15. The van der Waals surface area contributed by atoms with Crippen LogP contribution in [0.1, 0.15) is 0 Å². The van der Waals surface area contributed by atoms with Crippen LogP contribution in [0, 0.1) is 0 Å². The Morgan fingerprint density at radius 2 is 1.58 bits per heavy atom. The second-order valence-electron chi connectivity index (χ2n) is 3.91. The molecule has 0 N–H and O–H groups in total. The molecule has 0 aliphatic heterocycles. The molecule has 0 aliphatic rings. The Labute approximate surface area is 111 Å². The van der Waals surface area contributed by atoms with Gasteiger partial charge in [-0.1, -0.05) is 30.3 Å². The molecule has 0 bridgehead atoms. The van der Waals surface area contributed by atoms with Crippen molar-refractivity contribution in [3.63, 3.8) is 0 Å². The predicted octanol–water partition coefficient (Wildman–Crippen LogP) is 0.615. The van der Waals surface area contributed by atoms with Crippen LogP contribution in [0.4, 0.5) is 0 Å². The molecular formula is C13H13NO4S. The number of rotatable bonds is 5. The molecule has 1 heterocycles. The maximum absolute atomic E-state index is 10.4. The second-order valence-corrected chi connectivity index (χ2v) is 5.43. The van der Waals surface area contributed by atoms with Crippen LogP contribution in [0.25, 0.3) is 11.1 Å². The van der Waals surface area contributed by atoms with Gasteiger partial charge in [0.15, 0.2) is 6.61 Å². The summed E-state index contributed by atoms with van der Waals surface area (Å²) in [6, 6.07) is 13.5. The third-order valence-electron chi connectivity index (χ3n) is 2.48. The number of benzene rings is 1. The molecule has 2 rings (SSSR count). The van der Waals surface area contributed by atoms with Crippen LogP contribution in [-0.2, 0) is 10.1 Å². The minimum Gasteiger partial charge on any atom is -0.748 e. The van der Waals surface area contributed by atoms with Gasteiger partial charge in [-0.05, 0) is 11.1 Å². The van der Waals surface area contributed by atoms with Gasteiger partial charge in [-0.3, -0.25) is 4.84 Å². The van der Waals surface area contributed by atoms with Gasteiger partial charge in [0.05, 0.1) is 15.9 Å². The van der Waals surface area contributed by atoms with Crippen molar-refractivity contribution in [2.45, 2.75) is 0 Å². The molecule has 100 valence electrons. The lowest BCUT2D eigenvalue weighted by Crippen LogP contribution is -2.43. The first kappa shape index (κ1) is 13.5. The Hall–Kier alpha value is -1.92. The van der Waals surface area contributed by atoms with Gasteiger partial charge in [0.25, 0.3) is 0 Å². The van der Waals surface area contributed by atoms with E-state index in [4.69, 9.17) is 4.84 Å². The minimum absolute atomic E-state index is 0.165. The number of aromatic nitrogens is 1. The molecule has 0 radical (unpaired) electrons. The SMILES string of the molecule is O=S(=O)([O-])CCO[n+]1ccc(-c2ccccc2)cc1. The summed E-state index contributed by atoms with van der Waals surface area (Å²) in [6.45, 7) is -0.165. The molecule has 0 aliphatic carbocycles. The highest BCUT2D eigenvalue weighted by Crippen LogP contribution is 2.16. The predicted molar refractivity (Wildman–Crippen MR) is 68.1 cm³/mol. The van der Waals surface area contributed by atoms with E-state index in [0.717, 1.165) is 11.1 Å². The Morgan fingerprint density at radius 3 is 2.16 bits per heavy atom. The highest BCUT2D eigenvalue weighted by Gasteiger charge is 2.05. The molecule has 5 nitrogen and oxygen atoms in total. The van der Waals surface area contributed by atoms with E-state index in [1.807, 2.05) is 42.5 Å². The van der Waals surface area contributed by atoms with Crippen LogP contribution < -0.4 is 9.57 Å². The number of pyridine rings is 1. The Morgan fingerprint density at radius 1 is 1.00 bits per heavy atom.